The van der Waals surface area contributed by atoms with Gasteiger partial charge in [0.05, 0.1) is 11.1 Å². The van der Waals surface area contributed by atoms with Crippen LogP contribution in [0.5, 0.6) is 11.5 Å². The zero-order valence-electron chi connectivity index (χ0n) is 11.0. The van der Waals surface area contributed by atoms with Crippen molar-refractivity contribution in [2.24, 2.45) is 5.73 Å². The normalized spacial score (nSPS) is 11.8. The van der Waals surface area contributed by atoms with E-state index in [0.29, 0.717) is 22.2 Å². The van der Waals surface area contributed by atoms with Gasteiger partial charge in [0.25, 0.3) is 0 Å². The van der Waals surface area contributed by atoms with Crippen LogP contribution < -0.4 is 15.8 Å². The first-order chi connectivity index (χ1) is 9.56. The minimum absolute atomic E-state index is 0.232. The van der Waals surface area contributed by atoms with E-state index in [4.69, 9.17) is 22.1 Å². The average molecular weight is 291 g/mol. The van der Waals surface area contributed by atoms with Crippen LogP contribution in [0.4, 0.5) is 5.69 Å². The highest BCUT2D eigenvalue weighted by atomic mass is 35.5. The lowest BCUT2D eigenvalue weighted by atomic mass is 10.2. The van der Waals surface area contributed by atoms with Gasteiger partial charge < -0.3 is 15.8 Å². The summed E-state index contributed by atoms with van der Waals surface area (Å²) in [6.45, 7) is 1.63. The molecule has 0 bridgehead atoms. The Morgan fingerprint density at radius 1 is 1.20 bits per heavy atom. The number of para-hydroxylation sites is 1. The fourth-order valence-electron chi connectivity index (χ4n) is 1.52. The Labute approximate surface area is 122 Å². The Morgan fingerprint density at radius 2 is 1.85 bits per heavy atom. The average Bonchev–Trinajstić information content (AvgIpc) is 2.43. The van der Waals surface area contributed by atoms with Crippen LogP contribution in [-0.4, -0.2) is 11.9 Å². The van der Waals surface area contributed by atoms with E-state index in [-0.39, 0.29) is 5.91 Å². The molecule has 0 heterocycles. The molecule has 4 nitrogen and oxygen atoms in total. The van der Waals surface area contributed by atoms with E-state index in [1.54, 1.807) is 43.3 Å². The van der Waals surface area contributed by atoms with Gasteiger partial charge in [-0.05, 0) is 43.3 Å². The smallest absolute Gasteiger partial charge is 0.240 e. The molecule has 0 aromatic heterocycles. The van der Waals surface area contributed by atoms with Crippen molar-refractivity contribution in [2.75, 3.05) is 5.32 Å². The maximum absolute atomic E-state index is 11.4. The number of nitrogens with two attached hydrogens (primary N) is 1. The molecular weight excluding hydrogens is 276 g/mol. The predicted molar refractivity (Wildman–Crippen MR) is 80.2 cm³/mol. The highest BCUT2D eigenvalue weighted by Crippen LogP contribution is 2.29. The minimum Gasteiger partial charge on any atom is -0.456 e. The van der Waals surface area contributed by atoms with Crippen molar-refractivity contribution in [3.05, 3.63) is 53.6 Å². The zero-order chi connectivity index (χ0) is 14.5. The second-order valence-electron chi connectivity index (χ2n) is 4.33. The minimum atomic E-state index is -0.547. The molecule has 2 aromatic rings. The molecule has 0 unspecified atom stereocenters. The number of rotatable bonds is 4. The van der Waals surface area contributed by atoms with Crippen LogP contribution in [0.3, 0.4) is 0 Å². The van der Waals surface area contributed by atoms with E-state index < -0.39 is 6.04 Å². The topological polar surface area (TPSA) is 64.4 Å². The lowest BCUT2D eigenvalue weighted by Gasteiger charge is -2.10. The zero-order valence-corrected chi connectivity index (χ0v) is 11.7. The second kappa shape index (κ2) is 6.41. The Morgan fingerprint density at radius 3 is 2.45 bits per heavy atom. The van der Waals surface area contributed by atoms with Gasteiger partial charge in [0.1, 0.15) is 11.5 Å². The van der Waals surface area contributed by atoms with Crippen molar-refractivity contribution >= 4 is 23.2 Å². The number of ether oxygens (including phenoxy) is 1. The SMILES string of the molecule is C[C@H](N)C(=O)Nc1ccc(Oc2ccccc2Cl)cc1. The van der Waals surface area contributed by atoms with E-state index in [9.17, 15) is 4.79 Å². The molecule has 0 fully saturated rings. The lowest BCUT2D eigenvalue weighted by molar-refractivity contribution is -0.117. The number of carbonyl (C=O) groups excluding carboxylic acids is 1. The van der Waals surface area contributed by atoms with Crippen LogP contribution in [0.1, 0.15) is 6.92 Å². The summed E-state index contributed by atoms with van der Waals surface area (Å²) in [7, 11) is 0. The summed E-state index contributed by atoms with van der Waals surface area (Å²) in [5.74, 6) is 0.989. The molecule has 2 rings (SSSR count). The van der Waals surface area contributed by atoms with Gasteiger partial charge >= 0.3 is 0 Å². The van der Waals surface area contributed by atoms with Gasteiger partial charge in [-0.3, -0.25) is 4.79 Å². The molecule has 2 aromatic carbocycles. The first-order valence-electron chi connectivity index (χ1n) is 6.15. The van der Waals surface area contributed by atoms with Crippen molar-refractivity contribution in [1.82, 2.24) is 0 Å². The lowest BCUT2D eigenvalue weighted by Crippen LogP contribution is -2.32. The summed E-state index contributed by atoms with van der Waals surface area (Å²) in [4.78, 5) is 11.4. The molecule has 0 saturated heterocycles. The van der Waals surface area contributed by atoms with Crippen LogP contribution in [0.2, 0.25) is 5.02 Å². The van der Waals surface area contributed by atoms with Crippen LogP contribution in [0.15, 0.2) is 48.5 Å². The fraction of sp³-hybridized carbons (Fsp3) is 0.133. The van der Waals surface area contributed by atoms with Gasteiger partial charge in [-0.25, -0.2) is 0 Å². The summed E-state index contributed by atoms with van der Waals surface area (Å²) in [5, 5.41) is 3.24. The Kier molecular flexibility index (Phi) is 4.61. The number of nitrogens with one attached hydrogen (secondary N) is 1. The first-order valence-corrected chi connectivity index (χ1v) is 6.53. The largest absolute Gasteiger partial charge is 0.456 e. The van der Waals surface area contributed by atoms with Crippen molar-refractivity contribution in [1.29, 1.82) is 0 Å². The number of amides is 1. The van der Waals surface area contributed by atoms with E-state index in [1.807, 2.05) is 12.1 Å². The highest BCUT2D eigenvalue weighted by Gasteiger charge is 2.07. The number of hydrogen-bond acceptors (Lipinski definition) is 3. The van der Waals surface area contributed by atoms with Crippen LogP contribution in [0.25, 0.3) is 0 Å². The summed E-state index contributed by atoms with van der Waals surface area (Å²) in [5.41, 5.74) is 6.15. The quantitative estimate of drug-likeness (QED) is 0.907. The molecule has 0 spiro atoms. The molecule has 104 valence electrons. The molecule has 0 aliphatic heterocycles. The summed E-state index contributed by atoms with van der Waals surface area (Å²) >= 11 is 6.01. The molecule has 5 heteroatoms. The maximum atomic E-state index is 11.4. The van der Waals surface area contributed by atoms with Gasteiger partial charge in [-0.2, -0.15) is 0 Å². The summed E-state index contributed by atoms with van der Waals surface area (Å²) in [6.07, 6.45) is 0. The summed E-state index contributed by atoms with van der Waals surface area (Å²) < 4.78 is 5.65. The predicted octanol–water partition coefficient (Wildman–Crippen LogP) is 3.42. The Hall–Kier alpha value is -2.04. The standard InChI is InChI=1S/C15H15ClN2O2/c1-10(17)15(19)18-11-6-8-12(9-7-11)20-14-5-3-2-4-13(14)16/h2-10H,17H2,1H3,(H,18,19)/t10-/m0/s1. The van der Waals surface area contributed by atoms with Crippen molar-refractivity contribution < 1.29 is 9.53 Å². The van der Waals surface area contributed by atoms with Crippen LogP contribution in [-0.2, 0) is 4.79 Å². The van der Waals surface area contributed by atoms with Crippen molar-refractivity contribution in [3.8, 4) is 11.5 Å². The third-order valence-corrected chi connectivity index (χ3v) is 2.91. The second-order valence-corrected chi connectivity index (χ2v) is 4.74. The van der Waals surface area contributed by atoms with E-state index in [0.717, 1.165) is 0 Å². The Bertz CT molecular complexity index is 597. The molecule has 3 N–H and O–H groups in total. The van der Waals surface area contributed by atoms with E-state index in [2.05, 4.69) is 5.32 Å². The van der Waals surface area contributed by atoms with E-state index >= 15 is 0 Å². The highest BCUT2D eigenvalue weighted by molar-refractivity contribution is 6.32. The van der Waals surface area contributed by atoms with Crippen molar-refractivity contribution in [3.63, 3.8) is 0 Å². The maximum Gasteiger partial charge on any atom is 0.240 e. The van der Waals surface area contributed by atoms with Crippen LogP contribution in [0, 0.1) is 0 Å². The van der Waals surface area contributed by atoms with Gasteiger partial charge in [-0.1, -0.05) is 23.7 Å². The molecule has 1 amide bonds. The third-order valence-electron chi connectivity index (χ3n) is 2.60. The number of halogens is 1. The molecule has 20 heavy (non-hydrogen) atoms. The Balaban J connectivity index is 2.05. The number of hydrogen-bond donors (Lipinski definition) is 2. The van der Waals surface area contributed by atoms with Crippen molar-refractivity contribution in [2.45, 2.75) is 13.0 Å². The van der Waals surface area contributed by atoms with Crippen LogP contribution >= 0.6 is 11.6 Å². The van der Waals surface area contributed by atoms with Gasteiger partial charge in [0.2, 0.25) is 5.91 Å². The molecular formula is C15H15ClN2O2. The summed E-state index contributed by atoms with van der Waals surface area (Å²) in [6, 6.07) is 13.7. The first kappa shape index (κ1) is 14.4. The van der Waals surface area contributed by atoms with E-state index in [1.165, 1.54) is 0 Å². The number of benzene rings is 2. The fourth-order valence-corrected chi connectivity index (χ4v) is 1.69. The number of carbonyl (C=O) groups is 1. The third kappa shape index (κ3) is 3.73. The number of anilines is 1. The van der Waals surface area contributed by atoms with Gasteiger partial charge in [0.15, 0.2) is 0 Å². The monoisotopic (exact) mass is 290 g/mol. The molecule has 0 radical (unpaired) electrons. The molecule has 0 saturated carbocycles. The van der Waals surface area contributed by atoms with Gasteiger partial charge in [-0.15, -0.1) is 0 Å². The van der Waals surface area contributed by atoms with Gasteiger partial charge in [0, 0.05) is 5.69 Å². The molecule has 0 aliphatic rings. The molecule has 0 aliphatic carbocycles. The molecule has 1 atom stereocenters.